The summed E-state index contributed by atoms with van der Waals surface area (Å²) in [5.74, 6) is -0.758. The number of carbonyl (C=O) groups is 1. The molecule has 0 fully saturated rings. The lowest BCUT2D eigenvalue weighted by Crippen LogP contribution is -2.15. The molecular weight excluding hydrogens is 281 g/mol. The van der Waals surface area contributed by atoms with Crippen molar-refractivity contribution >= 4 is 29.0 Å². The predicted octanol–water partition coefficient (Wildman–Crippen LogP) is 3.48. The highest BCUT2D eigenvalue weighted by Gasteiger charge is 2.14. The number of nitrogens with zero attached hydrogens (tertiary/aromatic N) is 1. The number of aromatic nitrogens is 1. The van der Waals surface area contributed by atoms with Gasteiger partial charge in [0.05, 0.1) is 22.5 Å². The standard InChI is InChI=1S/C14H13ClFN3O/c1-8-3-4-11(15)12(5-8)19-14(20)10-6-9(16)7-18-13(10)17-2/h3-7H,1-2H3,(H,17,18)(H,19,20). The number of anilines is 2. The summed E-state index contributed by atoms with van der Waals surface area (Å²) in [6.07, 6.45) is 1.04. The molecule has 1 amide bonds. The fourth-order valence-corrected chi connectivity index (χ4v) is 1.90. The molecule has 4 nitrogen and oxygen atoms in total. The maximum atomic E-state index is 13.2. The fraction of sp³-hybridized carbons (Fsp3) is 0.143. The smallest absolute Gasteiger partial charge is 0.259 e. The van der Waals surface area contributed by atoms with Gasteiger partial charge in [0.25, 0.3) is 5.91 Å². The third-order valence-electron chi connectivity index (χ3n) is 2.71. The molecular formula is C14H13ClFN3O. The van der Waals surface area contributed by atoms with E-state index in [1.165, 1.54) is 0 Å². The molecule has 0 aliphatic rings. The Morgan fingerprint density at radius 1 is 1.35 bits per heavy atom. The Balaban J connectivity index is 2.32. The van der Waals surface area contributed by atoms with Gasteiger partial charge in [-0.05, 0) is 30.7 Å². The molecule has 0 spiro atoms. The molecule has 0 aliphatic heterocycles. The van der Waals surface area contributed by atoms with Crippen LogP contribution in [0.15, 0.2) is 30.5 Å². The minimum absolute atomic E-state index is 0.116. The van der Waals surface area contributed by atoms with Gasteiger partial charge in [0.2, 0.25) is 0 Å². The maximum Gasteiger partial charge on any atom is 0.259 e. The minimum atomic E-state index is -0.579. The number of benzene rings is 1. The summed E-state index contributed by atoms with van der Waals surface area (Å²) in [5, 5.41) is 5.81. The van der Waals surface area contributed by atoms with E-state index >= 15 is 0 Å². The highest BCUT2D eigenvalue weighted by atomic mass is 35.5. The molecule has 0 bridgehead atoms. The molecule has 1 aromatic heterocycles. The van der Waals surface area contributed by atoms with Crippen molar-refractivity contribution in [2.75, 3.05) is 17.7 Å². The van der Waals surface area contributed by atoms with Gasteiger partial charge >= 0.3 is 0 Å². The second-order valence-corrected chi connectivity index (χ2v) is 4.64. The predicted molar refractivity (Wildman–Crippen MR) is 77.9 cm³/mol. The van der Waals surface area contributed by atoms with Crippen molar-refractivity contribution < 1.29 is 9.18 Å². The lowest BCUT2D eigenvalue weighted by Gasteiger charge is -2.10. The van der Waals surface area contributed by atoms with Crippen LogP contribution < -0.4 is 10.6 Å². The molecule has 2 rings (SSSR count). The van der Waals surface area contributed by atoms with Gasteiger partial charge in [0.15, 0.2) is 0 Å². The number of amides is 1. The van der Waals surface area contributed by atoms with Gasteiger partial charge in [-0.3, -0.25) is 4.79 Å². The van der Waals surface area contributed by atoms with Crippen LogP contribution in [0.4, 0.5) is 15.9 Å². The van der Waals surface area contributed by atoms with E-state index in [2.05, 4.69) is 15.6 Å². The lowest BCUT2D eigenvalue weighted by molar-refractivity contribution is 0.102. The van der Waals surface area contributed by atoms with E-state index in [0.29, 0.717) is 16.5 Å². The molecule has 20 heavy (non-hydrogen) atoms. The summed E-state index contributed by atoms with van der Waals surface area (Å²) >= 11 is 6.01. The van der Waals surface area contributed by atoms with Crippen LogP contribution in [-0.4, -0.2) is 17.9 Å². The van der Waals surface area contributed by atoms with Gasteiger partial charge < -0.3 is 10.6 Å². The highest BCUT2D eigenvalue weighted by molar-refractivity contribution is 6.34. The molecule has 6 heteroatoms. The summed E-state index contributed by atoms with van der Waals surface area (Å²) in [7, 11) is 1.61. The van der Waals surface area contributed by atoms with E-state index in [0.717, 1.165) is 17.8 Å². The first-order valence-corrected chi connectivity index (χ1v) is 6.30. The normalized spacial score (nSPS) is 10.2. The molecule has 104 valence electrons. The number of carbonyl (C=O) groups excluding carboxylic acids is 1. The van der Waals surface area contributed by atoms with Gasteiger partial charge in [-0.15, -0.1) is 0 Å². The fourth-order valence-electron chi connectivity index (χ4n) is 1.74. The number of halogens is 2. The first-order valence-electron chi connectivity index (χ1n) is 5.92. The van der Waals surface area contributed by atoms with Crippen LogP contribution in [0.3, 0.4) is 0 Å². The SMILES string of the molecule is CNc1ncc(F)cc1C(=O)Nc1cc(C)ccc1Cl. The lowest BCUT2D eigenvalue weighted by atomic mass is 10.2. The van der Waals surface area contributed by atoms with Crippen molar-refractivity contribution in [2.24, 2.45) is 0 Å². The summed E-state index contributed by atoms with van der Waals surface area (Å²) in [4.78, 5) is 16.0. The average molecular weight is 294 g/mol. The Morgan fingerprint density at radius 2 is 2.10 bits per heavy atom. The Bertz CT molecular complexity index is 661. The molecule has 0 saturated carbocycles. The molecule has 0 saturated heterocycles. The second-order valence-electron chi connectivity index (χ2n) is 4.24. The monoisotopic (exact) mass is 293 g/mol. The molecule has 2 aromatic rings. The van der Waals surface area contributed by atoms with Gasteiger partial charge in [0.1, 0.15) is 11.6 Å². The van der Waals surface area contributed by atoms with E-state index in [9.17, 15) is 9.18 Å². The Kier molecular flexibility index (Phi) is 4.20. The molecule has 1 heterocycles. The van der Waals surface area contributed by atoms with Crippen LogP contribution >= 0.6 is 11.6 Å². The Hall–Kier alpha value is -2.14. The molecule has 1 aromatic carbocycles. The van der Waals surface area contributed by atoms with Crippen LogP contribution in [0.5, 0.6) is 0 Å². The van der Waals surface area contributed by atoms with Crippen molar-refractivity contribution in [1.29, 1.82) is 0 Å². The van der Waals surface area contributed by atoms with Crippen molar-refractivity contribution in [3.05, 3.63) is 52.4 Å². The average Bonchev–Trinajstić information content (AvgIpc) is 2.42. The first kappa shape index (κ1) is 14.3. The van der Waals surface area contributed by atoms with Crippen LogP contribution in [0.25, 0.3) is 0 Å². The quantitative estimate of drug-likeness (QED) is 0.911. The second kappa shape index (κ2) is 5.88. The number of rotatable bonds is 3. The third-order valence-corrected chi connectivity index (χ3v) is 3.04. The van der Waals surface area contributed by atoms with Crippen LogP contribution in [0, 0.1) is 12.7 Å². The van der Waals surface area contributed by atoms with E-state index < -0.39 is 11.7 Å². The Morgan fingerprint density at radius 3 is 2.80 bits per heavy atom. The van der Waals surface area contributed by atoms with Crippen LogP contribution in [0.2, 0.25) is 5.02 Å². The van der Waals surface area contributed by atoms with Crippen molar-refractivity contribution in [2.45, 2.75) is 6.92 Å². The molecule has 0 radical (unpaired) electrons. The summed E-state index contributed by atoms with van der Waals surface area (Å²) in [5.41, 5.74) is 1.55. The molecule has 0 aliphatic carbocycles. The van der Waals surface area contributed by atoms with Crippen LogP contribution in [-0.2, 0) is 0 Å². The van der Waals surface area contributed by atoms with Crippen LogP contribution in [0.1, 0.15) is 15.9 Å². The van der Waals surface area contributed by atoms with Gasteiger partial charge in [-0.2, -0.15) is 0 Å². The van der Waals surface area contributed by atoms with Crippen molar-refractivity contribution in [1.82, 2.24) is 4.98 Å². The topological polar surface area (TPSA) is 54.0 Å². The van der Waals surface area contributed by atoms with E-state index in [-0.39, 0.29) is 5.56 Å². The van der Waals surface area contributed by atoms with E-state index in [1.54, 1.807) is 19.2 Å². The first-order chi connectivity index (χ1) is 9.51. The largest absolute Gasteiger partial charge is 0.372 e. The molecule has 0 unspecified atom stereocenters. The zero-order valence-corrected chi connectivity index (χ0v) is 11.8. The zero-order valence-electron chi connectivity index (χ0n) is 11.0. The number of nitrogens with one attached hydrogen (secondary N) is 2. The summed E-state index contributed by atoms with van der Waals surface area (Å²) in [6.45, 7) is 1.88. The Labute approximate surface area is 121 Å². The molecule has 0 atom stereocenters. The van der Waals surface area contributed by atoms with Gasteiger partial charge in [0, 0.05) is 7.05 Å². The number of hydrogen-bond donors (Lipinski definition) is 2. The third kappa shape index (κ3) is 3.05. The van der Waals surface area contributed by atoms with Gasteiger partial charge in [-0.25, -0.2) is 9.37 Å². The van der Waals surface area contributed by atoms with E-state index in [1.807, 2.05) is 13.0 Å². The summed E-state index contributed by atoms with van der Waals surface area (Å²) in [6, 6.07) is 6.39. The molecule has 2 N–H and O–H groups in total. The van der Waals surface area contributed by atoms with E-state index in [4.69, 9.17) is 11.6 Å². The maximum absolute atomic E-state index is 13.2. The number of hydrogen-bond acceptors (Lipinski definition) is 3. The zero-order chi connectivity index (χ0) is 14.7. The van der Waals surface area contributed by atoms with Crippen molar-refractivity contribution in [3.63, 3.8) is 0 Å². The summed E-state index contributed by atoms with van der Waals surface area (Å²) < 4.78 is 13.2. The number of pyridine rings is 1. The highest BCUT2D eigenvalue weighted by Crippen LogP contribution is 2.24. The van der Waals surface area contributed by atoms with Crippen molar-refractivity contribution in [3.8, 4) is 0 Å². The van der Waals surface area contributed by atoms with Gasteiger partial charge in [-0.1, -0.05) is 17.7 Å². The minimum Gasteiger partial charge on any atom is -0.372 e. The number of aryl methyl sites for hydroxylation is 1.